The molecule has 1 aromatic heterocycles. The molecule has 0 bridgehead atoms. The number of carbonyl (C=O) groups is 2. The number of amides is 3. The summed E-state index contributed by atoms with van der Waals surface area (Å²) in [5.74, 6) is 1.27. The van der Waals surface area contributed by atoms with Crippen molar-refractivity contribution in [1.82, 2.24) is 25.4 Å². The zero-order chi connectivity index (χ0) is 21.3. The molecule has 3 rings (SSSR count). The van der Waals surface area contributed by atoms with Gasteiger partial charge in [0.15, 0.2) is 5.16 Å². The molecule has 168 valence electrons. The predicted molar refractivity (Wildman–Crippen MR) is 114 cm³/mol. The lowest BCUT2D eigenvalue weighted by Crippen LogP contribution is -2.41. The Morgan fingerprint density at radius 1 is 1.27 bits per heavy atom. The molecule has 10 nitrogen and oxygen atoms in total. The Hall–Kier alpha value is -1.85. The number of methoxy groups -OCH3 is 1. The molecule has 1 atom stereocenters. The van der Waals surface area contributed by atoms with E-state index in [0.29, 0.717) is 24.9 Å². The largest absolute Gasteiger partial charge is 0.383 e. The summed E-state index contributed by atoms with van der Waals surface area (Å²) >= 11 is 1.28. The van der Waals surface area contributed by atoms with E-state index < -0.39 is 6.03 Å². The smallest absolute Gasteiger partial charge is 0.321 e. The molecule has 0 radical (unpaired) electrons. The minimum atomic E-state index is -0.526. The number of ether oxygens (including phenoxy) is 2. The van der Waals surface area contributed by atoms with E-state index >= 15 is 0 Å². The highest BCUT2D eigenvalue weighted by atomic mass is 32.2. The van der Waals surface area contributed by atoms with E-state index in [2.05, 4.69) is 37.2 Å². The summed E-state index contributed by atoms with van der Waals surface area (Å²) in [4.78, 5) is 26.1. The lowest BCUT2D eigenvalue weighted by molar-refractivity contribution is -0.117. The second kappa shape index (κ2) is 11.5. The van der Waals surface area contributed by atoms with Gasteiger partial charge in [0.05, 0.1) is 25.0 Å². The normalized spacial score (nSPS) is 19.8. The first-order valence-corrected chi connectivity index (χ1v) is 11.5. The summed E-state index contributed by atoms with van der Waals surface area (Å²) in [7, 11) is 1.55. The van der Waals surface area contributed by atoms with Gasteiger partial charge in [0.1, 0.15) is 0 Å². The van der Waals surface area contributed by atoms with Crippen LogP contribution in [0.5, 0.6) is 0 Å². The average Bonchev–Trinajstić information content (AvgIpc) is 3.38. The first-order valence-electron chi connectivity index (χ1n) is 10.6. The van der Waals surface area contributed by atoms with Gasteiger partial charge < -0.3 is 19.7 Å². The zero-order valence-electron chi connectivity index (χ0n) is 17.8. The van der Waals surface area contributed by atoms with Gasteiger partial charge in [-0.05, 0) is 31.6 Å². The molecule has 0 aromatic carbocycles. The number of nitrogens with one attached hydrogen (secondary N) is 2. The Morgan fingerprint density at radius 3 is 2.77 bits per heavy atom. The highest BCUT2D eigenvalue weighted by Crippen LogP contribution is 2.27. The molecule has 2 fully saturated rings. The molecule has 11 heteroatoms. The van der Waals surface area contributed by atoms with Crippen LogP contribution in [0.15, 0.2) is 5.16 Å². The maximum absolute atomic E-state index is 12.1. The Kier molecular flexibility index (Phi) is 8.76. The summed E-state index contributed by atoms with van der Waals surface area (Å²) in [6, 6.07) is -0.526. The highest BCUT2D eigenvalue weighted by Gasteiger charge is 2.26. The minimum absolute atomic E-state index is 0.0817. The number of aromatic nitrogens is 3. The molecule has 2 N–H and O–H groups in total. The van der Waals surface area contributed by atoms with Gasteiger partial charge in [0.25, 0.3) is 0 Å². The lowest BCUT2D eigenvalue weighted by Gasteiger charge is -2.31. The monoisotopic (exact) mass is 440 g/mol. The minimum Gasteiger partial charge on any atom is -0.383 e. The standard InChI is InChI=1S/C19H32N6O4S/c1-14-5-8-24(9-6-14)18-22-23-19(25(18)12-15-4-3-10-29-15)30-13-16(26)21-17(27)20-7-11-28-2/h14-15H,3-13H2,1-2H3,(H2,20,21,26,27)/t15-/m1/s1. The molecular weight excluding hydrogens is 408 g/mol. The van der Waals surface area contributed by atoms with Gasteiger partial charge in [-0.25, -0.2) is 4.79 Å². The first kappa shape index (κ1) is 22.8. The number of piperidine rings is 1. The van der Waals surface area contributed by atoms with Crippen LogP contribution in [0.4, 0.5) is 10.7 Å². The Morgan fingerprint density at radius 2 is 2.07 bits per heavy atom. The number of carbonyl (C=O) groups excluding carboxylic acids is 2. The van der Waals surface area contributed by atoms with Gasteiger partial charge >= 0.3 is 6.03 Å². The third kappa shape index (κ3) is 6.58. The fourth-order valence-electron chi connectivity index (χ4n) is 3.59. The third-order valence-electron chi connectivity index (χ3n) is 5.35. The van der Waals surface area contributed by atoms with Gasteiger partial charge in [0, 0.05) is 33.4 Å². The van der Waals surface area contributed by atoms with E-state index in [1.807, 2.05) is 0 Å². The fourth-order valence-corrected chi connectivity index (χ4v) is 4.33. The van der Waals surface area contributed by atoms with E-state index in [9.17, 15) is 9.59 Å². The summed E-state index contributed by atoms with van der Waals surface area (Å²) in [5.41, 5.74) is 0. The maximum atomic E-state index is 12.1. The number of thioether (sulfide) groups is 1. The van der Waals surface area contributed by atoms with Crippen molar-refractivity contribution in [3.63, 3.8) is 0 Å². The number of urea groups is 1. The fraction of sp³-hybridized carbons (Fsp3) is 0.789. The van der Waals surface area contributed by atoms with Crippen LogP contribution in [0.1, 0.15) is 32.6 Å². The van der Waals surface area contributed by atoms with Crippen molar-refractivity contribution in [3.05, 3.63) is 0 Å². The molecule has 2 aliphatic rings. The van der Waals surface area contributed by atoms with Crippen LogP contribution in [0.2, 0.25) is 0 Å². The molecule has 1 aromatic rings. The Bertz CT molecular complexity index is 701. The number of hydrogen-bond acceptors (Lipinski definition) is 8. The van der Waals surface area contributed by atoms with E-state index in [1.165, 1.54) is 11.8 Å². The topological polar surface area (TPSA) is 111 Å². The summed E-state index contributed by atoms with van der Waals surface area (Å²) in [6.45, 7) is 6.38. The maximum Gasteiger partial charge on any atom is 0.321 e. The van der Waals surface area contributed by atoms with Gasteiger partial charge in [-0.3, -0.25) is 14.7 Å². The van der Waals surface area contributed by atoms with Crippen molar-refractivity contribution >= 4 is 29.6 Å². The summed E-state index contributed by atoms with van der Waals surface area (Å²) < 4.78 is 12.8. The second-order valence-electron chi connectivity index (χ2n) is 7.78. The molecule has 30 heavy (non-hydrogen) atoms. The number of anilines is 1. The van der Waals surface area contributed by atoms with E-state index in [0.717, 1.165) is 57.2 Å². The first-order chi connectivity index (χ1) is 14.6. The van der Waals surface area contributed by atoms with Crippen LogP contribution < -0.4 is 15.5 Å². The molecular formula is C19H32N6O4S. The van der Waals surface area contributed by atoms with Crippen LogP contribution >= 0.6 is 11.8 Å². The predicted octanol–water partition coefficient (Wildman–Crippen LogP) is 1.26. The van der Waals surface area contributed by atoms with Crippen molar-refractivity contribution in [2.75, 3.05) is 50.6 Å². The van der Waals surface area contributed by atoms with Crippen molar-refractivity contribution in [3.8, 4) is 0 Å². The number of nitrogens with zero attached hydrogens (tertiary/aromatic N) is 4. The van der Waals surface area contributed by atoms with Gasteiger partial charge in [0.2, 0.25) is 11.9 Å². The molecule has 3 heterocycles. The molecule has 0 spiro atoms. The highest BCUT2D eigenvalue weighted by molar-refractivity contribution is 7.99. The van der Waals surface area contributed by atoms with Crippen molar-refractivity contribution in [2.24, 2.45) is 5.92 Å². The number of hydrogen-bond donors (Lipinski definition) is 2. The van der Waals surface area contributed by atoms with Gasteiger partial charge in [-0.1, -0.05) is 18.7 Å². The Balaban J connectivity index is 1.60. The average molecular weight is 441 g/mol. The van der Waals surface area contributed by atoms with E-state index in [1.54, 1.807) is 7.11 Å². The molecule has 2 aliphatic heterocycles. The van der Waals surface area contributed by atoms with Gasteiger partial charge in [-0.2, -0.15) is 0 Å². The summed E-state index contributed by atoms with van der Waals surface area (Å²) in [6.07, 6.45) is 4.49. The number of imide groups is 1. The van der Waals surface area contributed by atoms with Crippen LogP contribution in [0.25, 0.3) is 0 Å². The van der Waals surface area contributed by atoms with Crippen LogP contribution in [0.3, 0.4) is 0 Å². The Labute approximate surface area is 181 Å². The molecule has 2 saturated heterocycles. The van der Waals surface area contributed by atoms with Crippen LogP contribution in [-0.4, -0.2) is 78.5 Å². The molecule has 0 unspecified atom stereocenters. The quantitative estimate of drug-likeness (QED) is 0.436. The number of rotatable bonds is 9. The zero-order valence-corrected chi connectivity index (χ0v) is 18.6. The third-order valence-corrected chi connectivity index (χ3v) is 6.32. The second-order valence-corrected chi connectivity index (χ2v) is 8.73. The van der Waals surface area contributed by atoms with Gasteiger partial charge in [-0.15, -0.1) is 10.2 Å². The van der Waals surface area contributed by atoms with E-state index in [-0.39, 0.29) is 17.8 Å². The SMILES string of the molecule is COCCNC(=O)NC(=O)CSc1nnc(N2CCC(C)CC2)n1C[C@H]1CCCO1. The molecule has 0 aliphatic carbocycles. The van der Waals surface area contributed by atoms with Crippen LogP contribution in [-0.2, 0) is 20.8 Å². The van der Waals surface area contributed by atoms with Crippen LogP contribution in [0, 0.1) is 5.92 Å². The van der Waals surface area contributed by atoms with Crippen molar-refractivity contribution < 1.29 is 19.1 Å². The molecule has 3 amide bonds. The van der Waals surface area contributed by atoms with E-state index in [4.69, 9.17) is 9.47 Å². The summed E-state index contributed by atoms with van der Waals surface area (Å²) in [5, 5.41) is 14.3. The van der Waals surface area contributed by atoms with Crippen molar-refractivity contribution in [2.45, 2.75) is 50.4 Å². The van der Waals surface area contributed by atoms with Crippen molar-refractivity contribution in [1.29, 1.82) is 0 Å². The molecule has 0 saturated carbocycles. The lowest BCUT2D eigenvalue weighted by atomic mass is 10.00.